The molecule has 10 nitrogen and oxygen atoms in total. The summed E-state index contributed by atoms with van der Waals surface area (Å²) in [5, 5.41) is 37.5. The van der Waals surface area contributed by atoms with Crippen molar-refractivity contribution < 1.29 is 49.1 Å². The summed E-state index contributed by atoms with van der Waals surface area (Å²) in [4.78, 5) is 44.4. The van der Waals surface area contributed by atoms with Crippen LogP contribution < -0.4 is 0 Å². The molecule has 0 saturated carbocycles. The van der Waals surface area contributed by atoms with Gasteiger partial charge >= 0.3 is 23.9 Å². The first kappa shape index (κ1) is 18.0. The van der Waals surface area contributed by atoms with Crippen molar-refractivity contribution in [3.63, 3.8) is 0 Å². The highest BCUT2D eigenvalue weighted by atomic mass is 16.6. The molecule has 1 saturated heterocycles. The minimum atomic E-state index is -2.13. The first-order valence-corrected chi connectivity index (χ1v) is 6.23. The van der Waals surface area contributed by atoms with Gasteiger partial charge < -0.3 is 29.9 Å². The molecule has 0 spiro atoms. The van der Waals surface area contributed by atoms with Gasteiger partial charge in [-0.05, 0) is 0 Å². The van der Waals surface area contributed by atoms with E-state index >= 15 is 0 Å². The summed E-state index contributed by atoms with van der Waals surface area (Å²) in [5.74, 6) is -5.22. The molecule has 0 bridgehead atoms. The van der Waals surface area contributed by atoms with Crippen molar-refractivity contribution in [3.8, 4) is 0 Å². The third kappa shape index (κ3) is 5.76. The zero-order chi connectivity index (χ0) is 17.0. The van der Waals surface area contributed by atoms with Crippen molar-refractivity contribution in [2.45, 2.75) is 36.9 Å². The highest BCUT2D eigenvalue weighted by molar-refractivity contribution is 5.87. The van der Waals surface area contributed by atoms with E-state index in [1.54, 1.807) is 0 Å². The number of carboxylic acid groups (broad SMARTS) is 2. The second-order valence-corrected chi connectivity index (χ2v) is 5.28. The lowest BCUT2D eigenvalue weighted by Gasteiger charge is -2.31. The predicted molar refractivity (Wildman–Crippen MR) is 65.6 cm³/mol. The second-order valence-electron chi connectivity index (χ2n) is 5.28. The maximum Gasteiger partial charge on any atom is 0.316 e. The van der Waals surface area contributed by atoms with Crippen LogP contribution in [0.1, 0.15) is 25.7 Å². The highest BCUT2D eigenvalue weighted by Crippen LogP contribution is 2.23. The van der Waals surface area contributed by atoms with Crippen LogP contribution in [0.4, 0.5) is 0 Å². The summed E-state index contributed by atoms with van der Waals surface area (Å²) in [7, 11) is 0. The molecule has 124 valence electrons. The van der Waals surface area contributed by atoms with Crippen LogP contribution in [0.15, 0.2) is 0 Å². The Morgan fingerprint density at radius 2 is 1.27 bits per heavy atom. The Balaban J connectivity index is 2.94. The molecule has 0 aliphatic carbocycles. The number of carboxylic acids is 2. The molecule has 0 aromatic carbocycles. The molecule has 0 radical (unpaired) electrons. The standard InChI is InChI=1S/C12H16O10/c13-7(14)1-11(19)3-9(17)22-10(18)4-12(20,2-8(15)16)6-21-5-11/h19-20H,1-6H2,(H,13,14)(H,15,16). The molecule has 22 heavy (non-hydrogen) atoms. The quantitative estimate of drug-likeness (QED) is 0.345. The van der Waals surface area contributed by atoms with Crippen LogP contribution in [0, 0.1) is 0 Å². The van der Waals surface area contributed by atoms with Crippen LogP contribution in [0.25, 0.3) is 0 Å². The van der Waals surface area contributed by atoms with Gasteiger partial charge in [-0.1, -0.05) is 0 Å². The first-order valence-electron chi connectivity index (χ1n) is 6.23. The van der Waals surface area contributed by atoms with Gasteiger partial charge in [0.25, 0.3) is 0 Å². The van der Waals surface area contributed by atoms with Gasteiger partial charge in [0.15, 0.2) is 0 Å². The fourth-order valence-electron chi connectivity index (χ4n) is 2.06. The molecule has 0 aromatic heterocycles. The Bertz CT molecular complexity index is 444. The molecule has 4 N–H and O–H groups in total. The van der Waals surface area contributed by atoms with E-state index in [-0.39, 0.29) is 0 Å². The molecule has 0 amide bonds. The fraction of sp³-hybridized carbons (Fsp3) is 0.667. The van der Waals surface area contributed by atoms with Gasteiger partial charge in [0.05, 0.1) is 38.9 Å². The number of esters is 2. The van der Waals surface area contributed by atoms with Crippen LogP contribution in [0.2, 0.25) is 0 Å². The molecule has 2 atom stereocenters. The van der Waals surface area contributed by atoms with E-state index in [4.69, 9.17) is 14.9 Å². The minimum absolute atomic E-state index is 0.648. The lowest BCUT2D eigenvalue weighted by Crippen LogP contribution is -2.46. The molecular weight excluding hydrogens is 304 g/mol. The van der Waals surface area contributed by atoms with Crippen LogP contribution in [0.5, 0.6) is 0 Å². The van der Waals surface area contributed by atoms with Crippen molar-refractivity contribution in [1.82, 2.24) is 0 Å². The highest BCUT2D eigenvalue weighted by Gasteiger charge is 2.40. The fourth-order valence-corrected chi connectivity index (χ4v) is 2.06. The molecule has 1 rings (SSSR count). The number of rotatable bonds is 4. The number of hydrogen-bond acceptors (Lipinski definition) is 8. The van der Waals surface area contributed by atoms with E-state index in [0.29, 0.717) is 0 Å². The van der Waals surface area contributed by atoms with Gasteiger partial charge in [-0.25, -0.2) is 0 Å². The second kappa shape index (κ2) is 6.81. The Labute approximate surface area is 124 Å². The monoisotopic (exact) mass is 320 g/mol. The minimum Gasteiger partial charge on any atom is -0.481 e. The topological polar surface area (TPSA) is 168 Å². The van der Waals surface area contributed by atoms with Gasteiger partial charge in [-0.3, -0.25) is 19.2 Å². The zero-order valence-corrected chi connectivity index (χ0v) is 11.5. The maximum absolute atomic E-state index is 11.5. The third-order valence-electron chi connectivity index (χ3n) is 2.88. The van der Waals surface area contributed by atoms with E-state index in [1.165, 1.54) is 0 Å². The van der Waals surface area contributed by atoms with Gasteiger partial charge in [0.1, 0.15) is 11.2 Å². The summed E-state index contributed by atoms with van der Waals surface area (Å²) >= 11 is 0. The Kier molecular flexibility index (Phi) is 5.58. The third-order valence-corrected chi connectivity index (χ3v) is 2.88. The van der Waals surface area contributed by atoms with Crippen LogP contribution in [0.3, 0.4) is 0 Å². The van der Waals surface area contributed by atoms with E-state index in [0.717, 1.165) is 0 Å². The largest absolute Gasteiger partial charge is 0.481 e. The molecule has 10 heteroatoms. The summed E-state index contributed by atoms with van der Waals surface area (Å²) in [6, 6.07) is 0. The smallest absolute Gasteiger partial charge is 0.316 e. The van der Waals surface area contributed by atoms with Crippen molar-refractivity contribution in [2.75, 3.05) is 13.2 Å². The van der Waals surface area contributed by atoms with Crippen LogP contribution in [-0.4, -0.2) is 68.7 Å². The van der Waals surface area contributed by atoms with Crippen molar-refractivity contribution in [3.05, 3.63) is 0 Å². The average molecular weight is 320 g/mol. The van der Waals surface area contributed by atoms with Gasteiger partial charge in [0.2, 0.25) is 0 Å². The number of carbonyl (C=O) groups is 4. The number of carbonyl (C=O) groups excluding carboxylic acids is 2. The summed E-state index contributed by atoms with van der Waals surface area (Å²) in [6.07, 6.45) is -3.29. The Hall–Kier alpha value is -2.04. The van der Waals surface area contributed by atoms with Gasteiger partial charge in [-0.2, -0.15) is 0 Å². The first-order chi connectivity index (χ1) is 10.0. The molecule has 1 heterocycles. The predicted octanol–water partition coefficient (Wildman–Crippen LogP) is -1.72. The lowest BCUT2D eigenvalue weighted by atomic mass is 9.94. The molecule has 1 aliphatic heterocycles. The number of cyclic esters (lactones) is 2. The van der Waals surface area contributed by atoms with E-state index in [1.807, 2.05) is 0 Å². The average Bonchev–Trinajstić information content (AvgIpc) is 2.22. The molecule has 1 aliphatic rings. The number of hydrogen-bond donors (Lipinski definition) is 4. The Morgan fingerprint density at radius 1 is 0.909 bits per heavy atom. The maximum atomic E-state index is 11.5. The van der Waals surface area contributed by atoms with E-state index in [9.17, 15) is 29.4 Å². The summed E-state index contributed by atoms with van der Waals surface area (Å²) in [6.45, 7) is -1.30. The van der Waals surface area contributed by atoms with E-state index in [2.05, 4.69) is 4.74 Å². The summed E-state index contributed by atoms with van der Waals surface area (Å²) < 4.78 is 9.29. The van der Waals surface area contributed by atoms with Crippen molar-refractivity contribution in [1.29, 1.82) is 0 Å². The summed E-state index contributed by atoms with van der Waals surface area (Å²) in [5.41, 5.74) is -4.27. The van der Waals surface area contributed by atoms with Crippen molar-refractivity contribution >= 4 is 23.9 Å². The van der Waals surface area contributed by atoms with Gasteiger partial charge in [-0.15, -0.1) is 0 Å². The zero-order valence-electron chi connectivity index (χ0n) is 11.5. The van der Waals surface area contributed by atoms with Crippen molar-refractivity contribution in [2.24, 2.45) is 0 Å². The molecule has 1 fully saturated rings. The van der Waals surface area contributed by atoms with Gasteiger partial charge in [0, 0.05) is 0 Å². The van der Waals surface area contributed by atoms with Crippen LogP contribution >= 0.6 is 0 Å². The molecular formula is C12H16O10. The van der Waals surface area contributed by atoms with E-state index < -0.39 is 74.0 Å². The van der Waals surface area contributed by atoms with Crippen LogP contribution in [-0.2, 0) is 28.7 Å². The molecule has 2 unspecified atom stereocenters. The SMILES string of the molecule is O=C(O)CC1(O)COCC(O)(CC(=O)O)CC(=O)OC(=O)C1. The number of aliphatic carboxylic acids is 2. The lowest BCUT2D eigenvalue weighted by molar-refractivity contribution is -0.177. The number of aliphatic hydroxyl groups is 2. The Morgan fingerprint density at radius 3 is 1.59 bits per heavy atom. The number of ether oxygens (including phenoxy) is 2. The molecule has 0 aromatic rings. The normalized spacial score (nSPS) is 30.5.